The van der Waals surface area contributed by atoms with Gasteiger partial charge in [-0.2, -0.15) is 5.10 Å². The molecule has 0 unspecified atom stereocenters. The molecule has 3 N–H and O–H groups in total. The van der Waals surface area contributed by atoms with Crippen molar-refractivity contribution >= 4 is 17.6 Å². The molecule has 2 rings (SSSR count). The van der Waals surface area contributed by atoms with Crippen molar-refractivity contribution < 1.29 is 9.59 Å². The lowest BCUT2D eigenvalue weighted by Crippen LogP contribution is -2.27. The number of nitrogens with zero attached hydrogens (tertiary/aromatic N) is 2. The van der Waals surface area contributed by atoms with Gasteiger partial charge in [-0.25, -0.2) is 0 Å². The van der Waals surface area contributed by atoms with Crippen LogP contribution in [0.1, 0.15) is 42.5 Å². The second kappa shape index (κ2) is 5.20. The molecule has 0 atom stereocenters. The van der Waals surface area contributed by atoms with E-state index in [1.54, 1.807) is 7.05 Å². The van der Waals surface area contributed by atoms with E-state index in [1.165, 1.54) is 17.3 Å². The average molecular weight is 250 g/mol. The summed E-state index contributed by atoms with van der Waals surface area (Å²) in [6.45, 7) is 0. The number of primary amides is 1. The summed E-state index contributed by atoms with van der Waals surface area (Å²) in [5.74, 6) is -0.199. The molecule has 6 nitrogen and oxygen atoms in total. The number of nitrogens with one attached hydrogen (secondary N) is 1. The monoisotopic (exact) mass is 250 g/mol. The van der Waals surface area contributed by atoms with Crippen molar-refractivity contribution in [1.29, 1.82) is 0 Å². The van der Waals surface area contributed by atoms with E-state index in [0.717, 1.165) is 25.7 Å². The Bertz CT molecular complexity index is 461. The van der Waals surface area contributed by atoms with Crippen LogP contribution in [0.25, 0.3) is 0 Å². The van der Waals surface area contributed by atoms with E-state index < -0.39 is 5.91 Å². The minimum absolute atomic E-state index is 0.0365. The van der Waals surface area contributed by atoms with Crippen LogP contribution in [0.15, 0.2) is 6.20 Å². The second-order valence-electron chi connectivity index (χ2n) is 4.72. The standard InChI is InChI=1S/C12H18N4O2/c1-16-11(9(7-14-16)10(13)17)15-12(18)8-5-3-2-4-6-8/h7-8H,2-6H2,1H3,(H2,13,17)(H,15,18). The fourth-order valence-electron chi connectivity index (χ4n) is 2.35. The predicted octanol–water partition coefficient (Wildman–Crippen LogP) is 1.04. The quantitative estimate of drug-likeness (QED) is 0.839. The molecule has 1 saturated carbocycles. The molecule has 0 bridgehead atoms. The van der Waals surface area contributed by atoms with Crippen LogP contribution >= 0.6 is 0 Å². The highest BCUT2D eigenvalue weighted by molar-refractivity contribution is 6.02. The zero-order valence-electron chi connectivity index (χ0n) is 10.5. The topological polar surface area (TPSA) is 90.0 Å². The Balaban J connectivity index is 2.10. The number of hydrogen-bond acceptors (Lipinski definition) is 3. The van der Waals surface area contributed by atoms with Crippen molar-refractivity contribution in [1.82, 2.24) is 9.78 Å². The summed E-state index contributed by atoms with van der Waals surface area (Å²) in [7, 11) is 1.67. The minimum atomic E-state index is -0.581. The minimum Gasteiger partial charge on any atom is -0.365 e. The third-order valence-corrected chi connectivity index (χ3v) is 3.42. The highest BCUT2D eigenvalue weighted by atomic mass is 16.2. The summed E-state index contributed by atoms with van der Waals surface area (Å²) < 4.78 is 1.46. The number of nitrogens with two attached hydrogens (primary N) is 1. The van der Waals surface area contributed by atoms with Crippen LogP contribution in [0.3, 0.4) is 0 Å². The maximum atomic E-state index is 12.1. The Kier molecular flexibility index (Phi) is 3.64. The molecule has 0 spiro atoms. The second-order valence-corrected chi connectivity index (χ2v) is 4.72. The van der Waals surface area contributed by atoms with Crippen molar-refractivity contribution in [3.8, 4) is 0 Å². The molecule has 0 aromatic carbocycles. The Labute approximate surface area is 106 Å². The van der Waals surface area contributed by atoms with Crippen molar-refractivity contribution in [3.63, 3.8) is 0 Å². The molecule has 1 aliphatic carbocycles. The zero-order chi connectivity index (χ0) is 13.1. The molecular formula is C12H18N4O2. The molecule has 1 aliphatic rings. The van der Waals surface area contributed by atoms with E-state index in [-0.39, 0.29) is 17.4 Å². The number of carbonyl (C=O) groups excluding carboxylic acids is 2. The van der Waals surface area contributed by atoms with Gasteiger partial charge in [0.05, 0.1) is 6.20 Å². The molecule has 0 radical (unpaired) electrons. The van der Waals surface area contributed by atoms with Gasteiger partial charge in [-0.15, -0.1) is 0 Å². The van der Waals surface area contributed by atoms with Crippen LogP contribution in [0, 0.1) is 5.92 Å². The van der Waals surface area contributed by atoms with E-state index in [4.69, 9.17) is 5.73 Å². The first-order valence-electron chi connectivity index (χ1n) is 6.22. The molecular weight excluding hydrogens is 232 g/mol. The molecule has 0 saturated heterocycles. The number of aromatic nitrogens is 2. The number of anilines is 1. The van der Waals surface area contributed by atoms with Crippen LogP contribution in [-0.2, 0) is 11.8 Å². The number of hydrogen-bond donors (Lipinski definition) is 2. The summed E-state index contributed by atoms with van der Waals surface area (Å²) in [6, 6.07) is 0. The van der Waals surface area contributed by atoms with Crippen LogP contribution in [0.4, 0.5) is 5.82 Å². The first-order valence-corrected chi connectivity index (χ1v) is 6.22. The molecule has 98 valence electrons. The number of amides is 2. The van der Waals surface area contributed by atoms with Gasteiger partial charge in [-0.1, -0.05) is 19.3 Å². The van der Waals surface area contributed by atoms with Gasteiger partial charge >= 0.3 is 0 Å². The molecule has 6 heteroatoms. The molecule has 1 aromatic rings. The summed E-state index contributed by atoms with van der Waals surface area (Å²) in [5.41, 5.74) is 5.49. The number of rotatable bonds is 3. The van der Waals surface area contributed by atoms with Crippen molar-refractivity contribution in [3.05, 3.63) is 11.8 Å². The van der Waals surface area contributed by atoms with Crippen LogP contribution in [0.2, 0.25) is 0 Å². The Morgan fingerprint density at radius 1 is 1.39 bits per heavy atom. The predicted molar refractivity (Wildman–Crippen MR) is 66.9 cm³/mol. The van der Waals surface area contributed by atoms with Gasteiger partial charge < -0.3 is 11.1 Å². The maximum absolute atomic E-state index is 12.1. The summed E-state index contributed by atoms with van der Waals surface area (Å²) in [6.07, 6.45) is 6.57. The largest absolute Gasteiger partial charge is 0.365 e. The number of carbonyl (C=O) groups is 2. The fraction of sp³-hybridized carbons (Fsp3) is 0.583. The molecule has 18 heavy (non-hydrogen) atoms. The van der Waals surface area contributed by atoms with E-state index in [2.05, 4.69) is 10.4 Å². The third kappa shape index (κ3) is 2.52. The average Bonchev–Trinajstić information content (AvgIpc) is 2.72. The number of aryl methyl sites for hydroxylation is 1. The maximum Gasteiger partial charge on any atom is 0.254 e. The first-order chi connectivity index (χ1) is 8.59. The van der Waals surface area contributed by atoms with Crippen molar-refractivity contribution in [2.45, 2.75) is 32.1 Å². The van der Waals surface area contributed by atoms with Crippen molar-refractivity contribution in [2.24, 2.45) is 18.7 Å². The van der Waals surface area contributed by atoms with Crippen molar-refractivity contribution in [2.75, 3.05) is 5.32 Å². The lowest BCUT2D eigenvalue weighted by Gasteiger charge is -2.20. The van der Waals surface area contributed by atoms with E-state index in [0.29, 0.717) is 5.82 Å². The molecule has 0 aliphatic heterocycles. The van der Waals surface area contributed by atoms with Crippen LogP contribution in [-0.4, -0.2) is 21.6 Å². The SMILES string of the molecule is Cn1ncc(C(N)=O)c1NC(=O)C1CCCCC1. The zero-order valence-corrected chi connectivity index (χ0v) is 10.5. The smallest absolute Gasteiger partial charge is 0.254 e. The lowest BCUT2D eigenvalue weighted by atomic mass is 9.88. The molecule has 1 heterocycles. The normalized spacial score (nSPS) is 16.5. The highest BCUT2D eigenvalue weighted by Gasteiger charge is 2.23. The Morgan fingerprint density at radius 3 is 2.67 bits per heavy atom. The van der Waals surface area contributed by atoms with E-state index in [9.17, 15) is 9.59 Å². The summed E-state index contributed by atoms with van der Waals surface area (Å²) in [4.78, 5) is 23.3. The van der Waals surface area contributed by atoms with Gasteiger partial charge in [0.15, 0.2) is 0 Å². The summed E-state index contributed by atoms with van der Waals surface area (Å²) in [5, 5.41) is 6.71. The van der Waals surface area contributed by atoms with Gasteiger partial charge in [0, 0.05) is 13.0 Å². The highest BCUT2D eigenvalue weighted by Crippen LogP contribution is 2.25. The Hall–Kier alpha value is -1.85. The fourth-order valence-corrected chi connectivity index (χ4v) is 2.35. The lowest BCUT2D eigenvalue weighted by molar-refractivity contribution is -0.120. The van der Waals surface area contributed by atoms with Crippen LogP contribution in [0.5, 0.6) is 0 Å². The van der Waals surface area contributed by atoms with Gasteiger partial charge in [0.1, 0.15) is 11.4 Å². The summed E-state index contributed by atoms with van der Waals surface area (Å²) >= 11 is 0. The van der Waals surface area contributed by atoms with Crippen LogP contribution < -0.4 is 11.1 Å². The molecule has 2 amide bonds. The van der Waals surface area contributed by atoms with Gasteiger partial charge in [0.25, 0.3) is 5.91 Å². The van der Waals surface area contributed by atoms with E-state index >= 15 is 0 Å². The molecule has 1 aromatic heterocycles. The first kappa shape index (κ1) is 12.6. The molecule has 1 fully saturated rings. The van der Waals surface area contributed by atoms with Gasteiger partial charge in [-0.05, 0) is 12.8 Å². The Morgan fingerprint density at radius 2 is 2.06 bits per heavy atom. The third-order valence-electron chi connectivity index (χ3n) is 3.42. The van der Waals surface area contributed by atoms with Gasteiger partial charge in [-0.3, -0.25) is 14.3 Å². The van der Waals surface area contributed by atoms with E-state index in [1.807, 2.05) is 0 Å². The van der Waals surface area contributed by atoms with Gasteiger partial charge in [0.2, 0.25) is 5.91 Å².